The van der Waals surface area contributed by atoms with Crippen LogP contribution in [0.25, 0.3) is 110 Å². The van der Waals surface area contributed by atoms with Crippen molar-refractivity contribution < 1.29 is 4.42 Å². The highest BCUT2D eigenvalue weighted by Gasteiger charge is 2.21. The van der Waals surface area contributed by atoms with Crippen LogP contribution in [0.3, 0.4) is 0 Å². The first-order valence-corrected chi connectivity index (χ1v) is 17.9. The summed E-state index contributed by atoms with van der Waals surface area (Å²) in [5, 5.41) is 11.4. The minimum absolute atomic E-state index is 0.611. The topological polar surface area (TPSA) is 51.8 Å². The second-order valence-corrected chi connectivity index (χ2v) is 13.5. The van der Waals surface area contributed by atoms with E-state index in [-0.39, 0.29) is 0 Å². The SMILES string of the molecule is c1ccc(-c2nc(-c3ccc4c5ccccc5c5ccccc5c4c3)nc(-c3cc4c5ccccc5oc4c4c(-c5ccccc5)cccc34)n2)cc1. The minimum atomic E-state index is 0.611. The third-order valence-electron chi connectivity index (χ3n) is 10.5. The van der Waals surface area contributed by atoms with Gasteiger partial charge in [-0.3, -0.25) is 0 Å². The summed E-state index contributed by atoms with van der Waals surface area (Å²) in [6.45, 7) is 0. The maximum Gasteiger partial charge on any atom is 0.164 e. The zero-order valence-electron chi connectivity index (χ0n) is 28.5. The molecule has 11 aromatic rings. The number of furan rings is 1. The van der Waals surface area contributed by atoms with Gasteiger partial charge in [0, 0.05) is 32.8 Å². The fourth-order valence-electron chi connectivity index (χ4n) is 8.07. The molecule has 53 heavy (non-hydrogen) atoms. The Morgan fingerprint density at radius 1 is 0.302 bits per heavy atom. The molecule has 0 aliphatic carbocycles. The maximum absolute atomic E-state index is 6.66. The molecule has 0 saturated heterocycles. The molecule has 246 valence electrons. The van der Waals surface area contributed by atoms with Crippen molar-refractivity contribution in [3.8, 4) is 45.3 Å². The van der Waals surface area contributed by atoms with Gasteiger partial charge in [0.25, 0.3) is 0 Å². The second-order valence-electron chi connectivity index (χ2n) is 13.5. The van der Waals surface area contributed by atoms with Gasteiger partial charge in [0.15, 0.2) is 17.5 Å². The first-order valence-electron chi connectivity index (χ1n) is 17.9. The fraction of sp³-hybridized carbons (Fsp3) is 0. The van der Waals surface area contributed by atoms with E-state index >= 15 is 0 Å². The molecular formula is C49H29N3O. The zero-order chi connectivity index (χ0) is 34.9. The highest BCUT2D eigenvalue weighted by molar-refractivity contribution is 6.26. The highest BCUT2D eigenvalue weighted by Crippen LogP contribution is 2.44. The van der Waals surface area contributed by atoms with Crippen LogP contribution >= 0.6 is 0 Å². The van der Waals surface area contributed by atoms with Crippen molar-refractivity contribution in [1.29, 1.82) is 0 Å². The van der Waals surface area contributed by atoms with Gasteiger partial charge in [0.2, 0.25) is 0 Å². The molecule has 2 heterocycles. The number of hydrogen-bond acceptors (Lipinski definition) is 4. The third kappa shape index (κ3) is 4.66. The molecule has 0 fully saturated rings. The average molecular weight is 676 g/mol. The van der Waals surface area contributed by atoms with Crippen LogP contribution in [0.5, 0.6) is 0 Å². The van der Waals surface area contributed by atoms with Crippen molar-refractivity contribution >= 4 is 65.0 Å². The summed E-state index contributed by atoms with van der Waals surface area (Å²) in [6.07, 6.45) is 0. The van der Waals surface area contributed by atoms with Crippen molar-refractivity contribution in [3.63, 3.8) is 0 Å². The van der Waals surface area contributed by atoms with Gasteiger partial charge in [0.1, 0.15) is 11.2 Å². The molecular weight excluding hydrogens is 647 g/mol. The van der Waals surface area contributed by atoms with E-state index in [0.717, 1.165) is 60.5 Å². The summed E-state index contributed by atoms with van der Waals surface area (Å²) in [6, 6.07) is 61.5. The lowest BCUT2D eigenvalue weighted by atomic mass is 9.92. The first-order chi connectivity index (χ1) is 26.3. The molecule has 0 radical (unpaired) electrons. The predicted octanol–water partition coefficient (Wildman–Crippen LogP) is 13.1. The number of rotatable bonds is 4. The van der Waals surface area contributed by atoms with E-state index in [1.165, 1.54) is 32.3 Å². The van der Waals surface area contributed by atoms with Crippen LogP contribution in [0.15, 0.2) is 180 Å². The summed E-state index contributed by atoms with van der Waals surface area (Å²) in [5.74, 6) is 1.86. The largest absolute Gasteiger partial charge is 0.455 e. The van der Waals surface area contributed by atoms with E-state index in [4.69, 9.17) is 19.4 Å². The van der Waals surface area contributed by atoms with Crippen LogP contribution in [0.1, 0.15) is 0 Å². The van der Waals surface area contributed by atoms with Crippen LogP contribution in [0.2, 0.25) is 0 Å². The lowest BCUT2D eigenvalue weighted by Gasteiger charge is -2.14. The van der Waals surface area contributed by atoms with Crippen LogP contribution in [-0.4, -0.2) is 15.0 Å². The Labute approximate surface area is 304 Å². The van der Waals surface area contributed by atoms with E-state index in [1.807, 2.05) is 36.4 Å². The quantitative estimate of drug-likeness (QED) is 0.174. The van der Waals surface area contributed by atoms with Crippen LogP contribution in [-0.2, 0) is 0 Å². The van der Waals surface area contributed by atoms with Gasteiger partial charge in [-0.1, -0.05) is 158 Å². The molecule has 4 heteroatoms. The van der Waals surface area contributed by atoms with Gasteiger partial charge in [-0.2, -0.15) is 0 Å². The predicted molar refractivity (Wildman–Crippen MR) is 219 cm³/mol. The van der Waals surface area contributed by atoms with Gasteiger partial charge >= 0.3 is 0 Å². The standard InChI is InChI=1S/C49H29N3O/c1-3-14-30(15-4-1)33-23-13-24-40-43(29-42-39-22-11-12-25-44(39)53-46(42)45(33)40)49-51-47(31-16-5-2-6-17-31)50-48(52-49)32-26-27-38-36-20-8-7-18-34(36)35-19-9-10-21-37(35)41(38)28-32/h1-29H. The van der Waals surface area contributed by atoms with Gasteiger partial charge in [-0.25, -0.2) is 15.0 Å². The summed E-state index contributed by atoms with van der Waals surface area (Å²) in [7, 11) is 0. The van der Waals surface area contributed by atoms with E-state index < -0.39 is 0 Å². The molecule has 0 aliphatic heterocycles. The van der Waals surface area contributed by atoms with Gasteiger partial charge < -0.3 is 4.42 Å². The Morgan fingerprint density at radius 3 is 1.53 bits per heavy atom. The van der Waals surface area contributed by atoms with Crippen LogP contribution < -0.4 is 0 Å². The Bertz CT molecular complexity index is 3190. The van der Waals surface area contributed by atoms with Gasteiger partial charge in [-0.05, 0) is 67.0 Å². The van der Waals surface area contributed by atoms with E-state index in [0.29, 0.717) is 17.5 Å². The fourth-order valence-corrected chi connectivity index (χ4v) is 8.07. The number of hydrogen-bond donors (Lipinski definition) is 0. The molecule has 0 saturated carbocycles. The Kier molecular flexibility index (Phi) is 6.52. The molecule has 9 aromatic carbocycles. The second kappa shape index (κ2) is 11.7. The van der Waals surface area contributed by atoms with Crippen molar-refractivity contribution in [2.24, 2.45) is 0 Å². The van der Waals surface area contributed by atoms with Crippen molar-refractivity contribution in [3.05, 3.63) is 176 Å². The number of para-hydroxylation sites is 1. The number of fused-ring (bicyclic) bond motifs is 11. The normalized spacial score (nSPS) is 11.8. The summed E-state index contributed by atoms with van der Waals surface area (Å²) in [5.41, 5.74) is 6.71. The molecule has 0 aliphatic rings. The van der Waals surface area contributed by atoms with Crippen molar-refractivity contribution in [2.75, 3.05) is 0 Å². The molecule has 0 spiro atoms. The monoisotopic (exact) mass is 675 g/mol. The smallest absolute Gasteiger partial charge is 0.164 e. The lowest BCUT2D eigenvalue weighted by Crippen LogP contribution is -2.01. The molecule has 0 atom stereocenters. The van der Waals surface area contributed by atoms with E-state index in [9.17, 15) is 0 Å². The lowest BCUT2D eigenvalue weighted by molar-refractivity contribution is 0.673. The summed E-state index contributed by atoms with van der Waals surface area (Å²) < 4.78 is 6.66. The number of nitrogens with zero attached hydrogens (tertiary/aromatic N) is 3. The van der Waals surface area contributed by atoms with Crippen molar-refractivity contribution in [1.82, 2.24) is 15.0 Å². The molecule has 0 amide bonds. The number of aromatic nitrogens is 3. The van der Waals surface area contributed by atoms with Crippen molar-refractivity contribution in [2.45, 2.75) is 0 Å². The summed E-state index contributed by atoms with van der Waals surface area (Å²) in [4.78, 5) is 15.7. The van der Waals surface area contributed by atoms with Gasteiger partial charge in [-0.15, -0.1) is 0 Å². The molecule has 0 N–H and O–H groups in total. The third-order valence-corrected chi connectivity index (χ3v) is 10.5. The zero-order valence-corrected chi connectivity index (χ0v) is 28.5. The Hall–Kier alpha value is -7.17. The Balaban J connectivity index is 1.22. The van der Waals surface area contributed by atoms with Crippen LogP contribution in [0, 0.1) is 0 Å². The highest BCUT2D eigenvalue weighted by atomic mass is 16.3. The van der Waals surface area contributed by atoms with Crippen LogP contribution in [0.4, 0.5) is 0 Å². The molecule has 2 aromatic heterocycles. The molecule has 0 bridgehead atoms. The minimum Gasteiger partial charge on any atom is -0.455 e. The maximum atomic E-state index is 6.66. The number of benzene rings is 9. The van der Waals surface area contributed by atoms with E-state index in [1.54, 1.807) is 0 Å². The molecule has 0 unspecified atom stereocenters. The average Bonchev–Trinajstić information content (AvgIpc) is 3.62. The van der Waals surface area contributed by atoms with E-state index in [2.05, 4.69) is 140 Å². The molecule has 11 rings (SSSR count). The summed E-state index contributed by atoms with van der Waals surface area (Å²) >= 11 is 0. The first kappa shape index (κ1) is 29.5. The Morgan fingerprint density at radius 2 is 0.830 bits per heavy atom. The molecule has 4 nitrogen and oxygen atoms in total. The van der Waals surface area contributed by atoms with Gasteiger partial charge in [0.05, 0.1) is 0 Å².